The number of hydrogen-bond acceptors (Lipinski definition) is 4. The van der Waals surface area contributed by atoms with Crippen LogP contribution in [0.25, 0.3) is 0 Å². The minimum absolute atomic E-state index is 0.0546. The fourth-order valence-corrected chi connectivity index (χ4v) is 2.44. The van der Waals surface area contributed by atoms with Crippen LogP contribution in [-0.4, -0.2) is 10.2 Å². The molecule has 4 nitrogen and oxygen atoms in total. The first-order chi connectivity index (χ1) is 9.65. The smallest absolute Gasteiger partial charge is 0.0729 e. The van der Waals surface area contributed by atoms with Gasteiger partial charge in [0.15, 0.2) is 0 Å². The second-order valence-electron chi connectivity index (χ2n) is 5.12. The lowest BCUT2D eigenvalue weighted by Gasteiger charge is -2.19. The van der Waals surface area contributed by atoms with Gasteiger partial charge in [-0.05, 0) is 43.0 Å². The summed E-state index contributed by atoms with van der Waals surface area (Å²) in [5.74, 6) is 5.78. The third-order valence-corrected chi connectivity index (χ3v) is 3.44. The van der Waals surface area contributed by atoms with E-state index >= 15 is 0 Å². The number of rotatable bonds is 5. The molecule has 1 aromatic heterocycles. The Morgan fingerprint density at radius 1 is 1.20 bits per heavy atom. The molecule has 106 valence electrons. The van der Waals surface area contributed by atoms with Crippen LogP contribution in [0.15, 0.2) is 30.3 Å². The molecule has 0 saturated heterocycles. The Kier molecular flexibility index (Phi) is 4.82. The Morgan fingerprint density at radius 2 is 2.00 bits per heavy atom. The van der Waals surface area contributed by atoms with Gasteiger partial charge in [0, 0.05) is 0 Å². The third kappa shape index (κ3) is 3.21. The van der Waals surface area contributed by atoms with Crippen molar-refractivity contribution in [2.45, 2.75) is 39.7 Å². The first kappa shape index (κ1) is 14.6. The van der Waals surface area contributed by atoms with Gasteiger partial charge in [-0.1, -0.05) is 37.6 Å². The van der Waals surface area contributed by atoms with Crippen LogP contribution in [0, 0.1) is 13.8 Å². The monoisotopic (exact) mass is 270 g/mol. The van der Waals surface area contributed by atoms with Crippen LogP contribution in [0.4, 0.5) is 0 Å². The summed E-state index contributed by atoms with van der Waals surface area (Å²) in [7, 11) is 0. The van der Waals surface area contributed by atoms with Crippen LogP contribution in [-0.2, 0) is 6.42 Å². The number of benzene rings is 1. The summed E-state index contributed by atoms with van der Waals surface area (Å²) in [5.41, 5.74) is 8.28. The molecule has 2 aromatic rings. The van der Waals surface area contributed by atoms with E-state index in [9.17, 15) is 0 Å². The molecule has 0 aliphatic carbocycles. The first-order valence-electron chi connectivity index (χ1n) is 7.01. The second kappa shape index (κ2) is 6.59. The molecule has 4 heteroatoms. The van der Waals surface area contributed by atoms with Gasteiger partial charge < -0.3 is 0 Å². The summed E-state index contributed by atoms with van der Waals surface area (Å²) in [6.07, 6.45) is 2.22. The van der Waals surface area contributed by atoms with Crippen molar-refractivity contribution in [3.05, 3.63) is 58.4 Å². The molecule has 3 N–H and O–H groups in total. The lowest BCUT2D eigenvalue weighted by atomic mass is 9.95. The Balaban J connectivity index is 2.41. The van der Waals surface area contributed by atoms with E-state index in [1.807, 2.05) is 19.9 Å². The Hall–Kier alpha value is -1.78. The standard InChI is InChI=1S/C16H22N4/c1-4-6-13-7-5-8-14(10-13)16(18-17)15-9-11(2)19-20-12(15)3/h5,7-10,16,18H,4,6,17H2,1-3H3. The maximum atomic E-state index is 5.78. The average Bonchev–Trinajstić information content (AvgIpc) is 2.44. The lowest BCUT2D eigenvalue weighted by Crippen LogP contribution is -2.30. The molecule has 0 spiro atoms. The van der Waals surface area contributed by atoms with Crippen LogP contribution in [0.3, 0.4) is 0 Å². The molecular formula is C16H22N4. The molecule has 1 atom stereocenters. The molecule has 0 saturated carbocycles. The van der Waals surface area contributed by atoms with Crippen LogP contribution >= 0.6 is 0 Å². The Morgan fingerprint density at radius 3 is 2.70 bits per heavy atom. The number of nitrogens with two attached hydrogens (primary N) is 1. The highest BCUT2D eigenvalue weighted by molar-refractivity contribution is 5.36. The fourth-order valence-electron chi connectivity index (χ4n) is 2.44. The normalized spacial score (nSPS) is 12.4. The summed E-state index contributed by atoms with van der Waals surface area (Å²) in [6.45, 7) is 6.09. The van der Waals surface area contributed by atoms with Crippen LogP contribution in [0.5, 0.6) is 0 Å². The van der Waals surface area contributed by atoms with Gasteiger partial charge in [-0.15, -0.1) is 0 Å². The summed E-state index contributed by atoms with van der Waals surface area (Å²) in [4.78, 5) is 0. The average molecular weight is 270 g/mol. The number of aromatic nitrogens is 2. The van der Waals surface area contributed by atoms with Gasteiger partial charge in [-0.3, -0.25) is 5.84 Å². The van der Waals surface area contributed by atoms with Crippen molar-refractivity contribution >= 4 is 0 Å². The van der Waals surface area contributed by atoms with Crippen LogP contribution in [0.1, 0.15) is 47.5 Å². The highest BCUT2D eigenvalue weighted by Crippen LogP contribution is 2.24. The second-order valence-corrected chi connectivity index (χ2v) is 5.12. The molecule has 1 aromatic carbocycles. The van der Waals surface area contributed by atoms with Crippen LogP contribution < -0.4 is 11.3 Å². The molecule has 0 aliphatic heterocycles. The van der Waals surface area contributed by atoms with Crippen LogP contribution in [0.2, 0.25) is 0 Å². The third-order valence-electron chi connectivity index (χ3n) is 3.44. The zero-order valence-electron chi connectivity index (χ0n) is 12.4. The number of nitrogens with one attached hydrogen (secondary N) is 1. The number of aryl methyl sites for hydroxylation is 3. The van der Waals surface area contributed by atoms with Gasteiger partial charge in [-0.2, -0.15) is 10.2 Å². The van der Waals surface area contributed by atoms with Gasteiger partial charge >= 0.3 is 0 Å². The molecule has 0 aliphatic rings. The predicted octanol–water partition coefficient (Wildman–Crippen LogP) is 2.60. The first-order valence-corrected chi connectivity index (χ1v) is 7.01. The zero-order valence-corrected chi connectivity index (χ0v) is 12.4. The molecular weight excluding hydrogens is 248 g/mol. The topological polar surface area (TPSA) is 63.8 Å². The van der Waals surface area contributed by atoms with Crippen molar-refractivity contribution < 1.29 is 0 Å². The molecule has 0 bridgehead atoms. The van der Waals surface area contributed by atoms with E-state index in [1.54, 1.807) is 0 Å². The highest BCUT2D eigenvalue weighted by Gasteiger charge is 2.16. The highest BCUT2D eigenvalue weighted by atomic mass is 15.2. The molecule has 0 amide bonds. The Labute approximate surface area is 120 Å². The zero-order chi connectivity index (χ0) is 14.5. The minimum Gasteiger partial charge on any atom is -0.271 e. The van der Waals surface area contributed by atoms with E-state index in [2.05, 4.69) is 46.8 Å². The minimum atomic E-state index is -0.0546. The van der Waals surface area contributed by atoms with Crippen molar-refractivity contribution in [3.63, 3.8) is 0 Å². The van der Waals surface area contributed by atoms with Crippen molar-refractivity contribution in [3.8, 4) is 0 Å². The lowest BCUT2D eigenvalue weighted by molar-refractivity contribution is 0.625. The molecule has 0 radical (unpaired) electrons. The molecule has 0 fully saturated rings. The predicted molar refractivity (Wildman–Crippen MR) is 81.1 cm³/mol. The SMILES string of the molecule is CCCc1cccc(C(NN)c2cc(C)nnc2C)c1. The maximum absolute atomic E-state index is 5.78. The quantitative estimate of drug-likeness (QED) is 0.647. The Bertz CT molecular complexity index is 580. The number of hydrogen-bond donors (Lipinski definition) is 2. The van der Waals surface area contributed by atoms with Crippen molar-refractivity contribution in [1.82, 2.24) is 15.6 Å². The molecule has 20 heavy (non-hydrogen) atoms. The molecule has 1 heterocycles. The van der Waals surface area contributed by atoms with Crippen molar-refractivity contribution in [2.24, 2.45) is 5.84 Å². The van der Waals surface area contributed by atoms with E-state index < -0.39 is 0 Å². The van der Waals surface area contributed by atoms with Gasteiger partial charge in [-0.25, -0.2) is 5.43 Å². The van der Waals surface area contributed by atoms with Gasteiger partial charge in [0.2, 0.25) is 0 Å². The molecule has 2 rings (SSSR count). The summed E-state index contributed by atoms with van der Waals surface area (Å²) in [5, 5.41) is 8.26. The van der Waals surface area contributed by atoms with E-state index in [0.29, 0.717) is 0 Å². The van der Waals surface area contributed by atoms with E-state index in [-0.39, 0.29) is 6.04 Å². The summed E-state index contributed by atoms with van der Waals surface area (Å²) in [6, 6.07) is 10.5. The molecule has 1 unspecified atom stereocenters. The number of nitrogens with zero attached hydrogens (tertiary/aromatic N) is 2. The van der Waals surface area contributed by atoms with Gasteiger partial charge in [0.25, 0.3) is 0 Å². The summed E-state index contributed by atoms with van der Waals surface area (Å²) < 4.78 is 0. The van der Waals surface area contributed by atoms with E-state index in [1.165, 1.54) is 5.56 Å². The largest absolute Gasteiger partial charge is 0.271 e. The fraction of sp³-hybridized carbons (Fsp3) is 0.375. The number of hydrazine groups is 1. The van der Waals surface area contributed by atoms with Gasteiger partial charge in [0.05, 0.1) is 17.4 Å². The van der Waals surface area contributed by atoms with Crippen molar-refractivity contribution in [1.29, 1.82) is 0 Å². The summed E-state index contributed by atoms with van der Waals surface area (Å²) >= 11 is 0. The van der Waals surface area contributed by atoms with Gasteiger partial charge in [0.1, 0.15) is 0 Å². The van der Waals surface area contributed by atoms with E-state index in [0.717, 1.165) is 35.4 Å². The maximum Gasteiger partial charge on any atom is 0.0729 e. The van der Waals surface area contributed by atoms with Crippen molar-refractivity contribution in [2.75, 3.05) is 0 Å². The van der Waals surface area contributed by atoms with E-state index in [4.69, 9.17) is 5.84 Å².